The molecule has 4 rings (SSSR count). The van der Waals surface area contributed by atoms with E-state index in [2.05, 4.69) is 0 Å². The molecule has 1 unspecified atom stereocenters. The number of amides is 3. The van der Waals surface area contributed by atoms with Gasteiger partial charge in [0, 0.05) is 36.2 Å². The molecule has 1 aliphatic heterocycles. The van der Waals surface area contributed by atoms with Crippen LogP contribution >= 0.6 is 11.6 Å². The molecule has 1 atom stereocenters. The van der Waals surface area contributed by atoms with Gasteiger partial charge in [-0.05, 0) is 48.0 Å². The Labute approximate surface area is 216 Å². The molecule has 0 aromatic heterocycles. The predicted octanol–water partition coefficient (Wildman–Crippen LogP) is 4.15. The number of benzene rings is 3. The highest BCUT2D eigenvalue weighted by molar-refractivity contribution is 6.31. The fraction of sp³-hybridized carbons (Fsp3) is 0.154. The minimum atomic E-state index is -1.14. The maximum atomic E-state index is 13.6. The molecule has 1 saturated heterocycles. The number of anilines is 1. The van der Waals surface area contributed by atoms with Gasteiger partial charge in [0.1, 0.15) is 11.8 Å². The van der Waals surface area contributed by atoms with E-state index in [1.807, 2.05) is 0 Å². The number of carbonyl (C=O) groups excluding carboxylic acids is 4. The number of carbonyl (C=O) groups is 4. The molecule has 3 amide bonds. The zero-order valence-corrected chi connectivity index (χ0v) is 20.3. The normalized spacial score (nSPS) is 15.0. The first-order valence-corrected chi connectivity index (χ1v) is 11.5. The molecule has 0 aliphatic carbocycles. The van der Waals surface area contributed by atoms with Crippen molar-refractivity contribution in [3.05, 3.63) is 99.1 Å². The Bertz CT molecular complexity index is 1390. The Hall–Kier alpha value is -4.57. The average Bonchev–Trinajstić information content (AvgIpc) is 3.16. The predicted molar refractivity (Wildman–Crippen MR) is 133 cm³/mol. The highest BCUT2D eigenvalue weighted by Gasteiger charge is 2.44. The van der Waals surface area contributed by atoms with Crippen LogP contribution in [0, 0.1) is 10.1 Å². The van der Waals surface area contributed by atoms with Crippen LogP contribution in [0.15, 0.2) is 72.8 Å². The Morgan fingerprint density at radius 3 is 2.30 bits per heavy atom. The van der Waals surface area contributed by atoms with E-state index in [-0.39, 0.29) is 35.7 Å². The lowest BCUT2D eigenvalue weighted by atomic mass is 10.1. The van der Waals surface area contributed by atoms with Crippen molar-refractivity contribution in [3.63, 3.8) is 0 Å². The van der Waals surface area contributed by atoms with E-state index in [9.17, 15) is 29.3 Å². The van der Waals surface area contributed by atoms with Gasteiger partial charge in [-0.3, -0.25) is 29.3 Å². The van der Waals surface area contributed by atoms with Gasteiger partial charge in [0.05, 0.1) is 17.0 Å². The topological polar surface area (TPSA) is 127 Å². The molecule has 1 fully saturated rings. The zero-order valence-electron chi connectivity index (χ0n) is 19.5. The third kappa shape index (κ3) is 5.49. The summed E-state index contributed by atoms with van der Waals surface area (Å²) >= 11 is 6.31. The number of nitro benzene ring substituents is 1. The molecule has 0 spiro atoms. The van der Waals surface area contributed by atoms with Crippen molar-refractivity contribution in [1.29, 1.82) is 0 Å². The fourth-order valence-corrected chi connectivity index (χ4v) is 4.18. The first-order chi connectivity index (χ1) is 17.7. The Morgan fingerprint density at radius 2 is 1.70 bits per heavy atom. The van der Waals surface area contributed by atoms with Crippen LogP contribution in [0.2, 0.25) is 5.02 Å². The van der Waals surface area contributed by atoms with Crippen LogP contribution in [0.1, 0.15) is 29.3 Å². The van der Waals surface area contributed by atoms with E-state index in [1.54, 1.807) is 24.3 Å². The minimum absolute atomic E-state index is 0.0710. The lowest BCUT2D eigenvalue weighted by molar-refractivity contribution is -0.384. The summed E-state index contributed by atoms with van der Waals surface area (Å²) in [6, 6.07) is 16.5. The van der Waals surface area contributed by atoms with Crippen LogP contribution in [0.5, 0.6) is 5.75 Å². The Balaban J connectivity index is 1.66. The molecule has 188 valence electrons. The Morgan fingerprint density at radius 1 is 1.05 bits per heavy atom. The van der Waals surface area contributed by atoms with Crippen LogP contribution < -0.4 is 9.64 Å². The standard InChI is InChI=1S/C26H20ClN3O7/c1-16(31)37-21-12-10-19(11-13-21)29-24(32)14-23(26(29)34)28(15-18-4-2-3-5-22(18)27)25(33)17-6-8-20(9-7-17)30(35)36/h2-13,23H,14-15H2,1H3. The third-order valence-electron chi connectivity index (χ3n) is 5.74. The van der Waals surface area contributed by atoms with Gasteiger partial charge in [-0.1, -0.05) is 29.8 Å². The number of halogens is 1. The number of hydrogen-bond donors (Lipinski definition) is 0. The second-order valence-corrected chi connectivity index (χ2v) is 8.61. The lowest BCUT2D eigenvalue weighted by Gasteiger charge is -2.28. The Kier molecular flexibility index (Phi) is 7.30. The molecule has 10 nitrogen and oxygen atoms in total. The molecule has 3 aromatic rings. The summed E-state index contributed by atoms with van der Waals surface area (Å²) in [7, 11) is 0. The molecule has 0 saturated carbocycles. The highest BCUT2D eigenvalue weighted by Crippen LogP contribution is 2.30. The van der Waals surface area contributed by atoms with Gasteiger partial charge in [0.25, 0.3) is 17.5 Å². The maximum absolute atomic E-state index is 13.6. The van der Waals surface area contributed by atoms with Gasteiger partial charge in [0.15, 0.2) is 0 Å². The monoisotopic (exact) mass is 521 g/mol. The molecule has 11 heteroatoms. The number of hydrogen-bond acceptors (Lipinski definition) is 7. The van der Waals surface area contributed by atoms with Crippen LogP contribution in [0.25, 0.3) is 0 Å². The van der Waals surface area contributed by atoms with Crippen LogP contribution in [-0.4, -0.2) is 39.6 Å². The highest BCUT2D eigenvalue weighted by atomic mass is 35.5. The van der Waals surface area contributed by atoms with Crippen molar-refractivity contribution in [2.75, 3.05) is 4.90 Å². The van der Waals surface area contributed by atoms with Gasteiger partial charge in [-0.25, -0.2) is 4.90 Å². The minimum Gasteiger partial charge on any atom is -0.427 e. The van der Waals surface area contributed by atoms with Crippen LogP contribution in [0.3, 0.4) is 0 Å². The average molecular weight is 522 g/mol. The summed E-state index contributed by atoms with van der Waals surface area (Å²) in [4.78, 5) is 63.8. The van der Waals surface area contributed by atoms with Gasteiger partial charge in [-0.2, -0.15) is 0 Å². The summed E-state index contributed by atoms with van der Waals surface area (Å²) < 4.78 is 4.99. The second kappa shape index (κ2) is 10.6. The second-order valence-electron chi connectivity index (χ2n) is 8.20. The van der Waals surface area contributed by atoms with E-state index in [1.165, 1.54) is 60.4 Å². The summed E-state index contributed by atoms with van der Waals surface area (Å²) in [5.74, 6) is -1.99. The van der Waals surface area contributed by atoms with E-state index >= 15 is 0 Å². The van der Waals surface area contributed by atoms with Gasteiger partial charge < -0.3 is 9.64 Å². The van der Waals surface area contributed by atoms with Crippen molar-refractivity contribution in [3.8, 4) is 5.75 Å². The smallest absolute Gasteiger partial charge is 0.308 e. The number of non-ortho nitro benzene ring substituents is 1. The van der Waals surface area contributed by atoms with Crippen molar-refractivity contribution in [1.82, 2.24) is 4.90 Å². The number of ether oxygens (including phenoxy) is 1. The number of nitro groups is 1. The van der Waals surface area contributed by atoms with Gasteiger partial charge in [0.2, 0.25) is 5.91 Å². The van der Waals surface area contributed by atoms with E-state index in [0.717, 1.165) is 4.90 Å². The molecular weight excluding hydrogens is 502 g/mol. The number of esters is 1. The third-order valence-corrected chi connectivity index (χ3v) is 6.11. The molecule has 37 heavy (non-hydrogen) atoms. The lowest BCUT2D eigenvalue weighted by Crippen LogP contribution is -2.45. The number of nitrogens with zero attached hydrogens (tertiary/aromatic N) is 3. The molecule has 0 N–H and O–H groups in total. The van der Waals surface area contributed by atoms with Gasteiger partial charge in [-0.15, -0.1) is 0 Å². The van der Waals surface area contributed by atoms with Crippen molar-refractivity contribution in [2.45, 2.75) is 25.9 Å². The largest absolute Gasteiger partial charge is 0.427 e. The van der Waals surface area contributed by atoms with E-state index in [4.69, 9.17) is 16.3 Å². The fourth-order valence-electron chi connectivity index (χ4n) is 3.99. The summed E-state index contributed by atoms with van der Waals surface area (Å²) in [6.45, 7) is 1.18. The quantitative estimate of drug-likeness (QED) is 0.150. The molecular formula is C26H20ClN3O7. The van der Waals surface area contributed by atoms with E-state index in [0.29, 0.717) is 10.6 Å². The number of imide groups is 1. The summed E-state index contributed by atoms with van der Waals surface area (Å²) in [5, 5.41) is 11.4. The van der Waals surface area contributed by atoms with Crippen molar-refractivity contribution in [2.24, 2.45) is 0 Å². The van der Waals surface area contributed by atoms with Crippen molar-refractivity contribution >= 4 is 46.7 Å². The molecule has 0 bridgehead atoms. The zero-order chi connectivity index (χ0) is 26.7. The first-order valence-electron chi connectivity index (χ1n) is 11.1. The van der Waals surface area contributed by atoms with Crippen molar-refractivity contribution < 1.29 is 28.8 Å². The SMILES string of the molecule is CC(=O)Oc1ccc(N2C(=O)CC(N(Cc3ccccc3Cl)C(=O)c3ccc([N+](=O)[O-])cc3)C2=O)cc1. The summed E-state index contributed by atoms with van der Waals surface area (Å²) in [5.41, 5.74) is 0.740. The molecule has 0 radical (unpaired) electrons. The maximum Gasteiger partial charge on any atom is 0.308 e. The first kappa shape index (κ1) is 25.5. The van der Waals surface area contributed by atoms with Crippen LogP contribution in [0.4, 0.5) is 11.4 Å². The molecule has 1 heterocycles. The van der Waals surface area contributed by atoms with Gasteiger partial charge >= 0.3 is 5.97 Å². The van der Waals surface area contributed by atoms with E-state index < -0.39 is 34.7 Å². The summed E-state index contributed by atoms with van der Waals surface area (Å²) in [6.07, 6.45) is -0.270. The number of rotatable bonds is 7. The molecule has 1 aliphatic rings. The molecule has 3 aromatic carbocycles. The van der Waals surface area contributed by atoms with Crippen LogP contribution in [-0.2, 0) is 20.9 Å².